The van der Waals surface area contributed by atoms with Crippen LogP contribution in [0.5, 0.6) is 0 Å². The van der Waals surface area contributed by atoms with Crippen LogP contribution in [0.1, 0.15) is 5.56 Å². The van der Waals surface area contributed by atoms with Crippen LogP contribution in [0.3, 0.4) is 0 Å². The SMILES string of the molecule is PS[Si]1Cc2cccc3cccc1c23. The van der Waals surface area contributed by atoms with Crippen molar-refractivity contribution in [2.24, 2.45) is 0 Å². The second kappa shape index (κ2) is 3.37. The molecular weight excluding hydrogens is 223 g/mol. The lowest BCUT2D eigenvalue weighted by Gasteiger charge is -2.03. The lowest BCUT2D eigenvalue weighted by atomic mass is 10.1. The van der Waals surface area contributed by atoms with E-state index in [0.29, 0.717) is 0 Å². The number of hydrogen-bond acceptors (Lipinski definition) is 1. The van der Waals surface area contributed by atoms with Crippen LogP contribution in [-0.4, -0.2) is 7.95 Å². The van der Waals surface area contributed by atoms with Crippen molar-refractivity contribution in [2.45, 2.75) is 6.04 Å². The Kier molecular flexibility index (Phi) is 2.16. The fraction of sp³-hybridized carbons (Fsp3) is 0.0909. The Bertz CT molecular complexity index is 492. The van der Waals surface area contributed by atoms with E-state index < -0.39 is 0 Å². The van der Waals surface area contributed by atoms with E-state index in [1.165, 1.54) is 11.4 Å². The second-order valence-corrected chi connectivity index (χ2v) is 9.82. The number of benzene rings is 2. The Morgan fingerprint density at radius 2 is 1.93 bits per heavy atom. The van der Waals surface area contributed by atoms with E-state index in [2.05, 4.69) is 44.8 Å². The highest BCUT2D eigenvalue weighted by atomic mass is 32.8. The lowest BCUT2D eigenvalue weighted by molar-refractivity contribution is 1.47. The topological polar surface area (TPSA) is 0 Å². The van der Waals surface area contributed by atoms with Crippen molar-refractivity contribution in [3.63, 3.8) is 0 Å². The summed E-state index contributed by atoms with van der Waals surface area (Å²) in [4.78, 5) is 0. The quantitative estimate of drug-likeness (QED) is 0.539. The van der Waals surface area contributed by atoms with Gasteiger partial charge in [-0.25, -0.2) is 0 Å². The first-order chi connectivity index (χ1) is 6.90. The highest BCUT2D eigenvalue weighted by molar-refractivity contribution is 8.60. The number of rotatable bonds is 1. The summed E-state index contributed by atoms with van der Waals surface area (Å²) in [6.07, 6.45) is 0. The monoisotopic (exact) mass is 233 g/mol. The molecule has 1 atom stereocenters. The summed E-state index contributed by atoms with van der Waals surface area (Å²) in [5.41, 5.74) is 1.56. The molecule has 1 aliphatic heterocycles. The molecule has 1 radical (unpaired) electrons. The lowest BCUT2D eigenvalue weighted by Crippen LogP contribution is -2.22. The van der Waals surface area contributed by atoms with E-state index >= 15 is 0 Å². The zero-order valence-electron chi connectivity index (χ0n) is 7.66. The predicted molar refractivity (Wildman–Crippen MR) is 70.3 cm³/mol. The van der Waals surface area contributed by atoms with Gasteiger partial charge < -0.3 is 0 Å². The van der Waals surface area contributed by atoms with Gasteiger partial charge in [-0.1, -0.05) is 44.8 Å². The molecule has 1 heterocycles. The standard InChI is InChI=1S/C11H10PSSi/c12-13-14-7-9-5-1-3-8-4-2-6-10(14)11(8)9/h1-6H,7,12H2. The van der Waals surface area contributed by atoms with E-state index in [0.717, 1.165) is 0 Å². The molecule has 69 valence electrons. The molecule has 14 heavy (non-hydrogen) atoms. The third-order valence-corrected chi connectivity index (χ3v) is 9.30. The molecule has 0 saturated heterocycles. The fourth-order valence-electron chi connectivity index (χ4n) is 2.17. The summed E-state index contributed by atoms with van der Waals surface area (Å²) >= 11 is 0. The molecule has 0 aromatic heterocycles. The van der Waals surface area contributed by atoms with Gasteiger partial charge in [0.25, 0.3) is 0 Å². The van der Waals surface area contributed by atoms with Gasteiger partial charge in [-0.3, -0.25) is 0 Å². The summed E-state index contributed by atoms with van der Waals surface area (Å²) in [6, 6.07) is 14.7. The third kappa shape index (κ3) is 1.18. The highest BCUT2D eigenvalue weighted by Crippen LogP contribution is 2.30. The van der Waals surface area contributed by atoms with Crippen molar-refractivity contribution in [1.82, 2.24) is 0 Å². The largest absolute Gasteiger partial charge is 0.166 e. The van der Waals surface area contributed by atoms with E-state index in [4.69, 9.17) is 0 Å². The Balaban J connectivity index is 2.38. The maximum Gasteiger partial charge on any atom is 0.166 e. The van der Waals surface area contributed by atoms with Gasteiger partial charge in [-0.05, 0) is 27.6 Å². The van der Waals surface area contributed by atoms with Crippen LogP contribution in [0.2, 0.25) is 0 Å². The molecule has 2 aromatic rings. The van der Waals surface area contributed by atoms with Crippen molar-refractivity contribution in [3.05, 3.63) is 42.0 Å². The molecule has 0 bridgehead atoms. The third-order valence-electron chi connectivity index (χ3n) is 2.78. The second-order valence-electron chi connectivity index (χ2n) is 3.54. The van der Waals surface area contributed by atoms with Crippen molar-refractivity contribution >= 4 is 43.2 Å². The summed E-state index contributed by atoms with van der Waals surface area (Å²) in [5, 5.41) is 4.57. The molecule has 3 heteroatoms. The molecule has 0 amide bonds. The Morgan fingerprint density at radius 1 is 1.14 bits per heavy atom. The maximum atomic E-state index is 2.83. The minimum atomic E-state index is -0.379. The fourth-order valence-corrected chi connectivity index (χ4v) is 7.58. The van der Waals surface area contributed by atoms with Gasteiger partial charge in [0.05, 0.1) is 0 Å². The zero-order chi connectivity index (χ0) is 9.54. The van der Waals surface area contributed by atoms with Gasteiger partial charge in [0.1, 0.15) is 0 Å². The first-order valence-corrected chi connectivity index (χ1v) is 9.36. The molecule has 0 fully saturated rings. The van der Waals surface area contributed by atoms with Gasteiger partial charge in [-0.15, -0.1) is 0 Å². The van der Waals surface area contributed by atoms with Gasteiger partial charge in [0.15, 0.2) is 7.95 Å². The van der Waals surface area contributed by atoms with E-state index in [9.17, 15) is 0 Å². The Hall–Kier alpha value is -0.303. The molecule has 0 spiro atoms. The van der Waals surface area contributed by atoms with Crippen molar-refractivity contribution in [3.8, 4) is 0 Å². The molecule has 0 aliphatic carbocycles. The van der Waals surface area contributed by atoms with E-state index in [1.54, 1.807) is 16.1 Å². The van der Waals surface area contributed by atoms with Gasteiger partial charge in [0.2, 0.25) is 0 Å². The average Bonchev–Trinajstić information content (AvgIpc) is 2.60. The maximum absolute atomic E-state index is 2.83. The van der Waals surface area contributed by atoms with Gasteiger partial charge >= 0.3 is 0 Å². The van der Waals surface area contributed by atoms with Crippen LogP contribution in [0.15, 0.2) is 36.4 Å². The molecule has 1 aliphatic rings. The molecular formula is C11H10PSSi. The van der Waals surface area contributed by atoms with Gasteiger partial charge in [-0.2, -0.15) is 10.8 Å². The molecule has 3 rings (SSSR count). The van der Waals surface area contributed by atoms with Crippen LogP contribution in [-0.2, 0) is 6.04 Å². The number of hydrogen-bond donors (Lipinski definition) is 0. The minimum absolute atomic E-state index is 0.379. The summed E-state index contributed by atoms with van der Waals surface area (Å²) < 4.78 is 0. The van der Waals surface area contributed by atoms with E-state index in [-0.39, 0.29) is 7.95 Å². The molecule has 0 N–H and O–H groups in total. The van der Waals surface area contributed by atoms with Gasteiger partial charge in [0, 0.05) is 0 Å². The Labute approximate surface area is 91.3 Å². The molecule has 1 unspecified atom stereocenters. The molecule has 2 aromatic carbocycles. The van der Waals surface area contributed by atoms with Crippen LogP contribution in [0, 0.1) is 0 Å². The van der Waals surface area contributed by atoms with Crippen LogP contribution in [0.25, 0.3) is 10.8 Å². The summed E-state index contributed by atoms with van der Waals surface area (Å²) in [5.74, 6) is 0. The molecule has 0 saturated carbocycles. The highest BCUT2D eigenvalue weighted by Gasteiger charge is 2.25. The average molecular weight is 233 g/mol. The zero-order valence-corrected chi connectivity index (χ0v) is 10.6. The predicted octanol–water partition coefficient (Wildman–Crippen LogP) is 2.66. The van der Waals surface area contributed by atoms with Crippen molar-refractivity contribution in [2.75, 3.05) is 0 Å². The minimum Gasteiger partial charge on any atom is -0.161 e. The van der Waals surface area contributed by atoms with Crippen molar-refractivity contribution in [1.29, 1.82) is 0 Å². The Morgan fingerprint density at radius 3 is 2.71 bits per heavy atom. The van der Waals surface area contributed by atoms with Crippen LogP contribution >= 0.6 is 19.3 Å². The molecule has 0 nitrogen and oxygen atoms in total. The van der Waals surface area contributed by atoms with Crippen molar-refractivity contribution < 1.29 is 0 Å². The first kappa shape index (κ1) is 8.96. The normalized spacial score (nSPS) is 15.2. The smallest absolute Gasteiger partial charge is 0.161 e. The van der Waals surface area contributed by atoms with Crippen LogP contribution < -0.4 is 5.19 Å². The van der Waals surface area contributed by atoms with Crippen LogP contribution in [0.4, 0.5) is 0 Å². The summed E-state index contributed by atoms with van der Waals surface area (Å²) in [6.45, 7) is 0. The summed E-state index contributed by atoms with van der Waals surface area (Å²) in [7, 11) is 4.43. The first-order valence-electron chi connectivity index (χ1n) is 4.63. The van der Waals surface area contributed by atoms with E-state index in [1.807, 2.05) is 10.8 Å².